The fraction of sp³-hybridized carbons (Fsp3) is 0.176. The molecule has 0 radical (unpaired) electrons. The number of nitrogens with zero attached hydrogens (tertiary/aromatic N) is 3. The van der Waals surface area contributed by atoms with Crippen molar-refractivity contribution in [1.82, 2.24) is 15.2 Å². The van der Waals surface area contributed by atoms with Gasteiger partial charge in [-0.15, -0.1) is 0 Å². The number of nitrogens with one attached hydrogen (secondary N) is 2. The molecule has 0 bridgehead atoms. The molecule has 0 aliphatic carbocycles. The summed E-state index contributed by atoms with van der Waals surface area (Å²) in [6.07, 6.45) is 1.63. The van der Waals surface area contributed by atoms with Gasteiger partial charge in [0.15, 0.2) is 0 Å². The predicted molar refractivity (Wildman–Crippen MR) is 88.2 cm³/mol. The molecule has 0 aliphatic rings. The van der Waals surface area contributed by atoms with E-state index in [4.69, 9.17) is 5.26 Å². The number of rotatable bonds is 3. The van der Waals surface area contributed by atoms with E-state index < -0.39 is 11.5 Å². The van der Waals surface area contributed by atoms with Gasteiger partial charge in [-0.1, -0.05) is 6.07 Å². The normalized spacial score (nSPS) is 11.2. The molecule has 7 nitrogen and oxygen atoms in total. The molecular weight excluding hydrogens is 306 g/mol. The molecular formula is C17H15N5O2. The van der Waals surface area contributed by atoms with E-state index >= 15 is 0 Å². The van der Waals surface area contributed by atoms with Crippen LogP contribution in [-0.2, 0) is 5.60 Å². The summed E-state index contributed by atoms with van der Waals surface area (Å²) in [7, 11) is 0. The summed E-state index contributed by atoms with van der Waals surface area (Å²) in [5.74, 6) is -0.458. The molecule has 0 spiro atoms. The number of carbonyl (C=O) groups excluding carboxylic acids is 1. The van der Waals surface area contributed by atoms with Gasteiger partial charge in [0.2, 0.25) is 0 Å². The van der Waals surface area contributed by atoms with E-state index in [2.05, 4.69) is 20.5 Å². The highest BCUT2D eigenvalue weighted by atomic mass is 16.3. The van der Waals surface area contributed by atoms with Crippen molar-refractivity contribution in [2.75, 3.05) is 5.32 Å². The average molecular weight is 321 g/mol. The van der Waals surface area contributed by atoms with Crippen molar-refractivity contribution in [3.63, 3.8) is 0 Å². The zero-order valence-corrected chi connectivity index (χ0v) is 13.2. The maximum Gasteiger partial charge on any atom is 0.274 e. The highest BCUT2D eigenvalue weighted by Crippen LogP contribution is 2.31. The number of nitriles is 1. The van der Waals surface area contributed by atoms with Gasteiger partial charge in [0.25, 0.3) is 5.91 Å². The first kappa shape index (κ1) is 15.6. The van der Waals surface area contributed by atoms with Gasteiger partial charge in [-0.2, -0.15) is 10.4 Å². The Morgan fingerprint density at radius 3 is 2.88 bits per heavy atom. The number of carbonyl (C=O) groups is 1. The molecule has 7 heteroatoms. The lowest BCUT2D eigenvalue weighted by Gasteiger charge is -2.22. The minimum Gasteiger partial charge on any atom is -0.386 e. The molecule has 1 amide bonds. The molecule has 2 heterocycles. The number of aromatic nitrogens is 3. The van der Waals surface area contributed by atoms with E-state index in [9.17, 15) is 9.90 Å². The van der Waals surface area contributed by atoms with Crippen LogP contribution in [0.1, 0.15) is 35.6 Å². The first-order valence-electron chi connectivity index (χ1n) is 7.27. The number of hydrogen-bond donors (Lipinski definition) is 3. The molecule has 120 valence electrons. The van der Waals surface area contributed by atoms with Crippen LogP contribution in [0.2, 0.25) is 0 Å². The number of benzene rings is 1. The van der Waals surface area contributed by atoms with Gasteiger partial charge in [0.1, 0.15) is 17.5 Å². The van der Waals surface area contributed by atoms with Gasteiger partial charge < -0.3 is 10.4 Å². The maximum atomic E-state index is 12.4. The summed E-state index contributed by atoms with van der Waals surface area (Å²) in [5, 5.41) is 29.6. The smallest absolute Gasteiger partial charge is 0.274 e. The van der Waals surface area contributed by atoms with Gasteiger partial charge in [-0.3, -0.25) is 9.89 Å². The Kier molecular flexibility index (Phi) is 3.75. The van der Waals surface area contributed by atoms with Crippen LogP contribution in [0.25, 0.3) is 10.9 Å². The molecule has 0 fully saturated rings. The molecule has 3 aromatic rings. The third-order valence-electron chi connectivity index (χ3n) is 3.58. The second kappa shape index (κ2) is 5.76. The number of pyridine rings is 1. The van der Waals surface area contributed by atoms with Crippen molar-refractivity contribution in [2.24, 2.45) is 0 Å². The van der Waals surface area contributed by atoms with E-state index in [0.717, 1.165) is 10.9 Å². The Balaban J connectivity index is 2.02. The quantitative estimate of drug-likeness (QED) is 0.685. The van der Waals surface area contributed by atoms with Gasteiger partial charge in [0, 0.05) is 16.6 Å². The maximum absolute atomic E-state index is 12.4. The first-order valence-corrected chi connectivity index (χ1v) is 7.27. The lowest BCUT2D eigenvalue weighted by molar-refractivity contribution is 0.0794. The Labute approximate surface area is 138 Å². The molecule has 0 atom stereocenters. The summed E-state index contributed by atoms with van der Waals surface area (Å²) in [6, 6.07) is 10.0. The number of anilines is 1. The number of hydrogen-bond acceptors (Lipinski definition) is 5. The Hall–Kier alpha value is -3.24. The standard InChI is InChI=1S/C17H15N5O2/c1-17(2,24)12-7-14-10(9-19-22-14)6-15(12)21-16(23)13-5-3-4-11(8-18)20-13/h3-7,9,24H,1-2H3,(H,19,22)(H,21,23). The third kappa shape index (κ3) is 2.95. The predicted octanol–water partition coefficient (Wildman–Crippen LogP) is 2.31. The minimum absolute atomic E-state index is 0.128. The van der Waals surface area contributed by atoms with Gasteiger partial charge >= 0.3 is 0 Å². The van der Waals surface area contributed by atoms with Gasteiger partial charge in [-0.25, -0.2) is 4.98 Å². The number of aromatic amines is 1. The first-order chi connectivity index (χ1) is 11.4. The lowest BCUT2D eigenvalue weighted by atomic mass is 9.95. The Bertz CT molecular complexity index is 963. The Morgan fingerprint density at radius 1 is 1.38 bits per heavy atom. The van der Waals surface area contributed by atoms with Crippen molar-refractivity contribution in [3.8, 4) is 6.07 Å². The average Bonchev–Trinajstić information content (AvgIpc) is 3.00. The number of amides is 1. The fourth-order valence-electron chi connectivity index (χ4n) is 2.41. The molecule has 0 saturated heterocycles. The van der Waals surface area contributed by atoms with Crippen molar-refractivity contribution < 1.29 is 9.90 Å². The molecule has 0 saturated carbocycles. The van der Waals surface area contributed by atoms with E-state index in [0.29, 0.717) is 11.3 Å². The topological polar surface area (TPSA) is 115 Å². The van der Waals surface area contributed by atoms with E-state index in [1.807, 2.05) is 6.07 Å². The highest BCUT2D eigenvalue weighted by Gasteiger charge is 2.23. The van der Waals surface area contributed by atoms with Gasteiger partial charge in [-0.05, 0) is 38.1 Å². The Morgan fingerprint density at radius 2 is 2.17 bits per heavy atom. The molecule has 1 aromatic carbocycles. The van der Waals surface area contributed by atoms with Crippen molar-refractivity contribution in [3.05, 3.63) is 53.5 Å². The minimum atomic E-state index is -1.16. The second-order valence-electron chi connectivity index (χ2n) is 5.89. The van der Waals surface area contributed by atoms with Crippen LogP contribution in [0, 0.1) is 11.3 Å². The molecule has 24 heavy (non-hydrogen) atoms. The number of aliphatic hydroxyl groups is 1. The van der Waals surface area contributed by atoms with Crippen LogP contribution in [0.3, 0.4) is 0 Å². The van der Waals surface area contributed by atoms with Crippen LogP contribution < -0.4 is 5.32 Å². The summed E-state index contributed by atoms with van der Waals surface area (Å²) in [4.78, 5) is 16.4. The molecule has 2 aromatic heterocycles. The number of fused-ring (bicyclic) bond motifs is 1. The molecule has 3 rings (SSSR count). The zero-order valence-electron chi connectivity index (χ0n) is 13.2. The van der Waals surface area contributed by atoms with Crippen LogP contribution >= 0.6 is 0 Å². The highest BCUT2D eigenvalue weighted by molar-refractivity contribution is 6.04. The summed E-state index contributed by atoms with van der Waals surface area (Å²) in [5.41, 5.74) is 0.895. The van der Waals surface area contributed by atoms with Crippen molar-refractivity contribution in [1.29, 1.82) is 5.26 Å². The lowest BCUT2D eigenvalue weighted by Crippen LogP contribution is -2.21. The third-order valence-corrected chi connectivity index (χ3v) is 3.58. The van der Waals surface area contributed by atoms with E-state index in [1.165, 1.54) is 12.1 Å². The van der Waals surface area contributed by atoms with Crippen LogP contribution in [0.4, 0.5) is 5.69 Å². The van der Waals surface area contributed by atoms with Gasteiger partial charge in [0.05, 0.1) is 17.3 Å². The molecule has 0 unspecified atom stereocenters. The summed E-state index contributed by atoms with van der Waals surface area (Å²) in [6.45, 7) is 3.27. The SMILES string of the molecule is CC(C)(O)c1cc2[nH]ncc2cc1NC(=O)c1cccc(C#N)n1. The molecule has 3 N–H and O–H groups in total. The van der Waals surface area contributed by atoms with Crippen LogP contribution in [0.5, 0.6) is 0 Å². The second-order valence-corrected chi connectivity index (χ2v) is 5.89. The van der Waals surface area contributed by atoms with Crippen molar-refractivity contribution >= 4 is 22.5 Å². The summed E-state index contributed by atoms with van der Waals surface area (Å²) < 4.78 is 0. The largest absolute Gasteiger partial charge is 0.386 e. The monoisotopic (exact) mass is 321 g/mol. The van der Waals surface area contributed by atoms with Crippen LogP contribution in [-0.4, -0.2) is 26.2 Å². The summed E-state index contributed by atoms with van der Waals surface area (Å²) >= 11 is 0. The number of H-pyrrole nitrogens is 1. The zero-order chi connectivity index (χ0) is 17.3. The van der Waals surface area contributed by atoms with E-state index in [1.54, 1.807) is 38.2 Å². The fourth-order valence-corrected chi connectivity index (χ4v) is 2.41. The molecule has 0 aliphatic heterocycles. The van der Waals surface area contributed by atoms with Crippen molar-refractivity contribution in [2.45, 2.75) is 19.4 Å². The van der Waals surface area contributed by atoms with E-state index in [-0.39, 0.29) is 11.4 Å². The van der Waals surface area contributed by atoms with Crippen LogP contribution in [0.15, 0.2) is 36.5 Å².